The number of methoxy groups -OCH3 is 1. The van der Waals surface area contributed by atoms with Gasteiger partial charge in [0.15, 0.2) is 17.7 Å². The van der Waals surface area contributed by atoms with Gasteiger partial charge in [0.25, 0.3) is 0 Å². The lowest BCUT2D eigenvalue weighted by atomic mass is 9.62. The molecule has 0 aromatic rings. The second-order valence-electron chi connectivity index (χ2n) is 15.5. The highest BCUT2D eigenvalue weighted by atomic mass is 16.7. The van der Waals surface area contributed by atoms with Crippen LogP contribution in [0.2, 0.25) is 0 Å². The van der Waals surface area contributed by atoms with Gasteiger partial charge in [0, 0.05) is 49.4 Å². The SMILES string of the molecule is C=CCN1CC2(C)C(=O)[C@H](C)C[C@](C)(OC)[C@H](O[C@@H]3O[C@H](C)C[C@H](N(C)C)[C@H]3O)[C@@H](C)C(=O)[C@@H](C)C(=O)O[C@@H](CC)[C@@]3(C)OC(=O)C1C23. The lowest BCUT2D eigenvalue weighted by Gasteiger charge is -2.47. The molecule has 4 fully saturated rings. The van der Waals surface area contributed by atoms with E-state index >= 15 is 0 Å². The van der Waals surface area contributed by atoms with Crippen molar-refractivity contribution in [2.24, 2.45) is 29.1 Å². The number of likely N-dealkylation sites (tertiary alicyclic amines) is 1. The average molecular weight is 679 g/mol. The van der Waals surface area contributed by atoms with E-state index in [1.165, 1.54) is 14.0 Å². The van der Waals surface area contributed by atoms with Crippen molar-refractivity contribution in [2.45, 2.75) is 129 Å². The molecule has 0 radical (unpaired) electrons. The van der Waals surface area contributed by atoms with E-state index in [2.05, 4.69) is 6.58 Å². The molecule has 272 valence electrons. The minimum atomic E-state index is -1.32. The number of aliphatic hydroxyl groups excluding tert-OH is 1. The lowest BCUT2D eigenvalue weighted by Crippen LogP contribution is -2.60. The molecule has 12 heteroatoms. The number of hydrogen-bond acceptors (Lipinski definition) is 12. The van der Waals surface area contributed by atoms with Gasteiger partial charge in [-0.25, -0.2) is 0 Å². The maximum atomic E-state index is 14.8. The normalized spacial score (nSPS) is 46.2. The summed E-state index contributed by atoms with van der Waals surface area (Å²) in [7, 11) is 5.25. The summed E-state index contributed by atoms with van der Waals surface area (Å²) < 4.78 is 31.0. The van der Waals surface area contributed by atoms with Crippen molar-refractivity contribution in [1.82, 2.24) is 9.80 Å². The Morgan fingerprint density at radius 1 is 1.08 bits per heavy atom. The molecule has 1 N–H and O–H groups in total. The number of hydrogen-bond donors (Lipinski definition) is 1. The molecule has 4 heterocycles. The molecular formula is C36H58N2O10. The number of aliphatic hydroxyl groups is 1. The van der Waals surface area contributed by atoms with Crippen LogP contribution >= 0.6 is 0 Å². The number of carbonyl (C=O) groups excluding carboxylic acids is 4. The predicted molar refractivity (Wildman–Crippen MR) is 177 cm³/mol. The van der Waals surface area contributed by atoms with Gasteiger partial charge in [-0.05, 0) is 61.1 Å². The van der Waals surface area contributed by atoms with Crippen molar-refractivity contribution in [3.63, 3.8) is 0 Å². The van der Waals surface area contributed by atoms with Gasteiger partial charge in [0.05, 0.1) is 17.8 Å². The maximum Gasteiger partial charge on any atom is 0.324 e. The van der Waals surface area contributed by atoms with Crippen LogP contribution in [0.25, 0.3) is 0 Å². The third-order valence-electron chi connectivity index (χ3n) is 11.8. The molecule has 0 aliphatic carbocycles. The largest absolute Gasteiger partial charge is 0.458 e. The van der Waals surface area contributed by atoms with Crippen LogP contribution in [-0.2, 0) is 42.9 Å². The number of esters is 2. The number of nitrogens with zero attached hydrogens (tertiary/aromatic N) is 2. The van der Waals surface area contributed by atoms with Crippen molar-refractivity contribution in [1.29, 1.82) is 0 Å². The molecular weight excluding hydrogens is 620 g/mol. The van der Waals surface area contributed by atoms with Crippen molar-refractivity contribution in [3.05, 3.63) is 12.7 Å². The van der Waals surface area contributed by atoms with Crippen LogP contribution < -0.4 is 0 Å². The molecule has 4 aliphatic heterocycles. The monoisotopic (exact) mass is 678 g/mol. The van der Waals surface area contributed by atoms with Gasteiger partial charge in [0.1, 0.15) is 30.0 Å². The Labute approximate surface area is 285 Å². The number of rotatable bonds is 7. The standard InChI is InChI=1S/C36H58N2O10/c1-13-15-38-18-34(7)28-25(38)32(43)48-36(28,9)24(14-2)46-31(42)22(6)26(39)21(5)30(35(8,44-12)17-19(3)29(34)41)47-33-27(40)23(37(10)11)16-20(4)45-33/h13,19-25,27-28,30,33,40H,1,14-18H2,2-12H3/t19-,20-,21+,22-,23+,24+,25?,27-,28?,30-,33+,34?,35+,36-/m1/s1. The summed E-state index contributed by atoms with van der Waals surface area (Å²) in [6.45, 7) is 18.6. The quantitative estimate of drug-likeness (QED) is 0.241. The number of Topliss-reactive ketones (excluding diaryl/α,β-unsaturated/α-hetero) is 2. The Morgan fingerprint density at radius 3 is 2.29 bits per heavy atom. The second-order valence-corrected chi connectivity index (χ2v) is 15.5. The van der Waals surface area contributed by atoms with Crippen molar-refractivity contribution in [3.8, 4) is 0 Å². The van der Waals surface area contributed by atoms with Crippen molar-refractivity contribution >= 4 is 23.5 Å². The van der Waals surface area contributed by atoms with Crippen molar-refractivity contribution < 1.29 is 48.0 Å². The van der Waals surface area contributed by atoms with Gasteiger partial charge in [-0.2, -0.15) is 0 Å². The van der Waals surface area contributed by atoms with Crippen LogP contribution in [0.15, 0.2) is 12.7 Å². The summed E-state index contributed by atoms with van der Waals surface area (Å²) in [6, 6.07) is -1.01. The molecule has 4 aliphatic rings. The molecule has 12 nitrogen and oxygen atoms in total. The molecule has 0 spiro atoms. The highest BCUT2D eigenvalue weighted by Crippen LogP contribution is 2.56. The number of likely N-dealkylation sites (N-methyl/N-ethyl adjacent to an activating group) is 1. The Morgan fingerprint density at radius 2 is 1.73 bits per heavy atom. The minimum Gasteiger partial charge on any atom is -0.458 e. The number of ether oxygens (including phenoxy) is 5. The summed E-state index contributed by atoms with van der Waals surface area (Å²) >= 11 is 0. The minimum absolute atomic E-state index is 0.101. The zero-order valence-electron chi connectivity index (χ0n) is 30.7. The Kier molecular flexibility index (Phi) is 11.4. The average Bonchev–Trinajstić information content (AvgIpc) is 3.50. The first kappa shape index (κ1) is 38.6. The first-order chi connectivity index (χ1) is 22.3. The van der Waals surface area contributed by atoms with E-state index in [4.69, 9.17) is 23.7 Å². The van der Waals surface area contributed by atoms with E-state index in [0.29, 0.717) is 19.4 Å². The second kappa shape index (κ2) is 14.2. The summed E-state index contributed by atoms with van der Waals surface area (Å²) in [5.41, 5.74) is -3.65. The molecule has 0 amide bonds. The molecule has 0 aromatic carbocycles. The fraction of sp³-hybridized carbons (Fsp3) is 0.833. The van der Waals surface area contributed by atoms with Gasteiger partial charge in [-0.1, -0.05) is 33.8 Å². The molecule has 0 aromatic heterocycles. The molecule has 48 heavy (non-hydrogen) atoms. The molecule has 14 atom stereocenters. The van der Waals surface area contributed by atoms with Gasteiger partial charge in [-0.3, -0.25) is 24.1 Å². The van der Waals surface area contributed by atoms with Crippen LogP contribution in [-0.4, -0.2) is 127 Å². The van der Waals surface area contributed by atoms with Crippen LogP contribution in [0.1, 0.15) is 74.7 Å². The number of carbonyl (C=O) groups is 4. The summed E-state index contributed by atoms with van der Waals surface area (Å²) in [4.78, 5) is 60.2. The molecule has 4 saturated heterocycles. The van der Waals surface area contributed by atoms with Crippen LogP contribution in [0.5, 0.6) is 0 Å². The lowest BCUT2D eigenvalue weighted by molar-refractivity contribution is -0.295. The van der Waals surface area contributed by atoms with E-state index in [-0.39, 0.29) is 30.9 Å². The zero-order valence-corrected chi connectivity index (χ0v) is 30.7. The molecule has 0 bridgehead atoms. The van der Waals surface area contributed by atoms with E-state index < -0.39 is 88.7 Å². The first-order valence-corrected chi connectivity index (χ1v) is 17.4. The number of ketones is 2. The first-order valence-electron chi connectivity index (χ1n) is 17.4. The molecule has 0 saturated carbocycles. The highest BCUT2D eigenvalue weighted by Gasteiger charge is 2.71. The van der Waals surface area contributed by atoms with E-state index in [0.717, 1.165) is 0 Å². The predicted octanol–water partition coefficient (Wildman–Crippen LogP) is 2.78. The Hall–Kier alpha value is -2.22. The Balaban J connectivity index is 1.84. The van der Waals surface area contributed by atoms with E-state index in [1.807, 2.05) is 51.6 Å². The summed E-state index contributed by atoms with van der Waals surface area (Å²) in [5, 5.41) is 11.4. The van der Waals surface area contributed by atoms with E-state index in [1.54, 1.807) is 26.8 Å². The Bertz CT molecular complexity index is 1260. The smallest absolute Gasteiger partial charge is 0.324 e. The van der Waals surface area contributed by atoms with Gasteiger partial charge in [0.2, 0.25) is 0 Å². The number of cyclic esters (lactones) is 1. The van der Waals surface area contributed by atoms with Crippen LogP contribution in [0.3, 0.4) is 0 Å². The summed E-state index contributed by atoms with van der Waals surface area (Å²) in [6.07, 6.45) is -1.60. The molecule has 4 rings (SSSR count). The third-order valence-corrected chi connectivity index (χ3v) is 11.8. The van der Waals surface area contributed by atoms with Crippen molar-refractivity contribution in [2.75, 3.05) is 34.3 Å². The van der Waals surface area contributed by atoms with Gasteiger partial charge < -0.3 is 33.7 Å². The van der Waals surface area contributed by atoms with Gasteiger partial charge >= 0.3 is 11.9 Å². The van der Waals surface area contributed by atoms with Crippen LogP contribution in [0.4, 0.5) is 0 Å². The molecule has 3 unspecified atom stereocenters. The van der Waals surface area contributed by atoms with Crippen LogP contribution in [0, 0.1) is 29.1 Å². The highest BCUT2D eigenvalue weighted by molar-refractivity contribution is 6.00. The third kappa shape index (κ3) is 6.53. The topological polar surface area (TPSA) is 141 Å². The maximum absolute atomic E-state index is 14.8. The zero-order chi connectivity index (χ0) is 36.1. The fourth-order valence-corrected chi connectivity index (χ4v) is 9.27. The van der Waals surface area contributed by atoms with E-state index in [9.17, 15) is 24.3 Å². The fourth-order valence-electron chi connectivity index (χ4n) is 9.27. The van der Waals surface area contributed by atoms with Gasteiger partial charge in [-0.15, -0.1) is 6.58 Å². The summed E-state index contributed by atoms with van der Waals surface area (Å²) in [5.74, 6) is -5.18.